The molecule has 0 spiro atoms. The Balaban J connectivity index is 3.45. The first-order chi connectivity index (χ1) is 11.7. The molecule has 24 heavy (non-hydrogen) atoms. The van der Waals surface area contributed by atoms with Crippen LogP contribution in [0.5, 0.6) is 0 Å². The molecule has 0 aliphatic rings. The van der Waals surface area contributed by atoms with E-state index in [1.165, 1.54) is 38.2 Å². The van der Waals surface area contributed by atoms with Crippen molar-refractivity contribution in [1.82, 2.24) is 0 Å². The van der Waals surface area contributed by atoms with Crippen LogP contribution in [0.2, 0.25) is 0 Å². The summed E-state index contributed by atoms with van der Waals surface area (Å²) in [6.07, 6.45) is 22.6. The first kappa shape index (κ1) is 22.6. The average Bonchev–Trinajstić information content (AvgIpc) is 2.59. The van der Waals surface area contributed by atoms with Crippen LogP contribution in [0.25, 0.3) is 0 Å². The highest BCUT2D eigenvalue weighted by Crippen LogP contribution is 2.12. The number of hydrogen-bond donors (Lipinski definition) is 2. The monoisotopic (exact) mass is 338 g/mol. The topological polar surface area (TPSA) is 66.8 Å². The van der Waals surface area contributed by atoms with Crippen LogP contribution < -0.4 is 0 Å². The highest BCUT2D eigenvalue weighted by atomic mass is 17.1. The van der Waals surface area contributed by atoms with Crippen molar-refractivity contribution in [1.29, 1.82) is 0 Å². The van der Waals surface area contributed by atoms with Crippen molar-refractivity contribution in [2.24, 2.45) is 0 Å². The van der Waals surface area contributed by atoms with Crippen molar-refractivity contribution in [2.45, 2.75) is 83.7 Å². The lowest BCUT2D eigenvalue weighted by Crippen LogP contribution is -2.05. The molecule has 2 N–H and O–H groups in total. The van der Waals surface area contributed by atoms with Crippen LogP contribution in [-0.4, -0.2) is 22.4 Å². The molecule has 0 saturated heterocycles. The minimum Gasteiger partial charge on any atom is -0.393 e. The van der Waals surface area contributed by atoms with Crippen LogP contribution in [0, 0.1) is 0 Å². The predicted molar refractivity (Wildman–Crippen MR) is 98.6 cm³/mol. The Bertz CT molecular complexity index is 372. The first-order valence-corrected chi connectivity index (χ1v) is 9.24. The van der Waals surface area contributed by atoms with Crippen molar-refractivity contribution < 1.29 is 20.0 Å². The van der Waals surface area contributed by atoms with Gasteiger partial charge in [0, 0.05) is 6.08 Å². The molecule has 0 aromatic heterocycles. The number of hydrogen-bond acceptors (Lipinski definition) is 4. The summed E-state index contributed by atoms with van der Waals surface area (Å²) in [6, 6.07) is 0. The first-order valence-electron chi connectivity index (χ1n) is 9.24. The van der Waals surface area contributed by atoms with Crippen molar-refractivity contribution >= 4 is 5.97 Å². The van der Waals surface area contributed by atoms with Gasteiger partial charge in [-0.2, -0.15) is 5.26 Å². The molecule has 4 heteroatoms. The summed E-state index contributed by atoms with van der Waals surface area (Å²) in [5, 5.41) is 18.0. The Morgan fingerprint density at radius 3 is 2.25 bits per heavy atom. The molecule has 0 aromatic carbocycles. The molecule has 0 aliphatic heterocycles. The highest BCUT2D eigenvalue weighted by molar-refractivity contribution is 5.81. The van der Waals surface area contributed by atoms with Gasteiger partial charge in [-0.15, -0.1) is 0 Å². The van der Waals surface area contributed by atoms with Gasteiger partial charge >= 0.3 is 5.97 Å². The van der Waals surface area contributed by atoms with Crippen LogP contribution in [0.1, 0.15) is 77.6 Å². The minimum absolute atomic E-state index is 0.142. The molecule has 0 aliphatic carbocycles. The maximum absolute atomic E-state index is 10.6. The van der Waals surface area contributed by atoms with Gasteiger partial charge in [-0.25, -0.2) is 4.79 Å². The SMILES string of the molecule is CCCCCCCCC(O)CCCCC=CC=CC=CC(=O)OO. The second-order valence-corrected chi connectivity index (χ2v) is 6.08. The number of allylic oxidation sites excluding steroid dienone is 5. The van der Waals surface area contributed by atoms with Crippen molar-refractivity contribution in [3.8, 4) is 0 Å². The maximum atomic E-state index is 10.6. The summed E-state index contributed by atoms with van der Waals surface area (Å²) in [5.41, 5.74) is 0. The molecule has 0 rings (SSSR count). The summed E-state index contributed by atoms with van der Waals surface area (Å²) in [7, 11) is 0. The molecule has 0 saturated carbocycles. The lowest BCUT2D eigenvalue weighted by atomic mass is 10.0. The summed E-state index contributed by atoms with van der Waals surface area (Å²) in [4.78, 5) is 14.1. The van der Waals surface area contributed by atoms with E-state index in [9.17, 15) is 9.90 Å². The maximum Gasteiger partial charge on any atom is 0.365 e. The molecular formula is C20H34O4. The molecule has 0 aromatic rings. The fraction of sp³-hybridized carbons (Fsp3) is 0.650. The van der Waals surface area contributed by atoms with E-state index in [4.69, 9.17) is 5.26 Å². The predicted octanol–water partition coefficient (Wildman–Crippen LogP) is 5.34. The van der Waals surface area contributed by atoms with E-state index in [0.717, 1.165) is 44.6 Å². The molecule has 0 bridgehead atoms. The third kappa shape index (κ3) is 17.0. The van der Waals surface area contributed by atoms with Crippen molar-refractivity contribution in [3.63, 3.8) is 0 Å². The number of carbonyl (C=O) groups excluding carboxylic acids is 1. The highest BCUT2D eigenvalue weighted by Gasteiger charge is 2.03. The zero-order valence-corrected chi connectivity index (χ0v) is 15.0. The Morgan fingerprint density at radius 2 is 1.54 bits per heavy atom. The summed E-state index contributed by atoms with van der Waals surface area (Å²) < 4.78 is 0. The molecule has 0 fully saturated rings. The minimum atomic E-state index is -0.789. The van der Waals surface area contributed by atoms with Crippen molar-refractivity contribution in [2.75, 3.05) is 0 Å². The molecule has 1 unspecified atom stereocenters. The van der Waals surface area contributed by atoms with Gasteiger partial charge in [-0.3, -0.25) is 4.89 Å². The summed E-state index contributed by atoms with van der Waals surface area (Å²) in [6.45, 7) is 2.23. The second-order valence-electron chi connectivity index (χ2n) is 6.08. The van der Waals surface area contributed by atoms with Crippen LogP contribution in [0.4, 0.5) is 0 Å². The Hall–Kier alpha value is -1.39. The van der Waals surface area contributed by atoms with Crippen LogP contribution in [0.3, 0.4) is 0 Å². The Labute approximate surface area is 146 Å². The van der Waals surface area contributed by atoms with Crippen LogP contribution in [0.15, 0.2) is 36.5 Å². The third-order valence-electron chi connectivity index (χ3n) is 3.84. The molecule has 0 heterocycles. The number of unbranched alkanes of at least 4 members (excludes halogenated alkanes) is 7. The number of carbonyl (C=O) groups is 1. The van der Waals surface area contributed by atoms with E-state index < -0.39 is 5.97 Å². The van der Waals surface area contributed by atoms with Gasteiger partial charge in [-0.05, 0) is 25.7 Å². The van der Waals surface area contributed by atoms with E-state index in [2.05, 4.69) is 17.9 Å². The molecule has 0 radical (unpaired) electrons. The van der Waals surface area contributed by atoms with Crippen LogP contribution in [-0.2, 0) is 9.68 Å². The zero-order valence-electron chi connectivity index (χ0n) is 15.0. The standard InChI is InChI=1S/C20H34O4/c1-2-3-4-5-10-13-16-19(21)17-14-11-8-6-7-9-12-15-18-20(22)24-23/h6-7,9,12,15,18-19,21,23H,2-5,8,10-11,13-14,16-17H2,1H3. The van der Waals surface area contributed by atoms with Gasteiger partial charge in [0.2, 0.25) is 0 Å². The summed E-state index contributed by atoms with van der Waals surface area (Å²) in [5.74, 6) is -0.789. The molecular weight excluding hydrogens is 304 g/mol. The molecule has 138 valence electrons. The number of rotatable bonds is 15. The van der Waals surface area contributed by atoms with E-state index in [-0.39, 0.29) is 6.10 Å². The van der Waals surface area contributed by atoms with Crippen molar-refractivity contribution in [3.05, 3.63) is 36.5 Å². The quantitative estimate of drug-likeness (QED) is 0.139. The molecule has 0 amide bonds. The molecule has 1 atom stereocenters. The zero-order chi connectivity index (χ0) is 17.9. The lowest BCUT2D eigenvalue weighted by Gasteiger charge is -2.09. The Kier molecular flexibility index (Phi) is 16.9. The van der Waals surface area contributed by atoms with Gasteiger partial charge in [0.1, 0.15) is 0 Å². The number of aliphatic hydroxyl groups excluding tert-OH is 1. The fourth-order valence-corrected chi connectivity index (χ4v) is 2.41. The van der Waals surface area contributed by atoms with Gasteiger partial charge in [0.05, 0.1) is 6.10 Å². The van der Waals surface area contributed by atoms with E-state index in [1.807, 2.05) is 12.2 Å². The van der Waals surface area contributed by atoms with Gasteiger partial charge in [-0.1, -0.05) is 82.2 Å². The lowest BCUT2D eigenvalue weighted by molar-refractivity contribution is -0.228. The average molecular weight is 338 g/mol. The molecule has 4 nitrogen and oxygen atoms in total. The van der Waals surface area contributed by atoms with Gasteiger partial charge in [0.25, 0.3) is 0 Å². The largest absolute Gasteiger partial charge is 0.393 e. The Morgan fingerprint density at radius 1 is 0.917 bits per heavy atom. The third-order valence-corrected chi connectivity index (χ3v) is 3.84. The smallest absolute Gasteiger partial charge is 0.365 e. The normalized spacial score (nSPS) is 13.3. The fourth-order valence-electron chi connectivity index (χ4n) is 2.41. The van der Waals surface area contributed by atoms with E-state index in [1.54, 1.807) is 6.08 Å². The summed E-state index contributed by atoms with van der Waals surface area (Å²) >= 11 is 0. The van der Waals surface area contributed by atoms with E-state index in [0.29, 0.717) is 0 Å². The van der Waals surface area contributed by atoms with Gasteiger partial charge < -0.3 is 5.11 Å². The van der Waals surface area contributed by atoms with Gasteiger partial charge in [0.15, 0.2) is 0 Å². The van der Waals surface area contributed by atoms with E-state index >= 15 is 0 Å². The number of aliphatic hydroxyl groups is 1. The van der Waals surface area contributed by atoms with Crippen LogP contribution >= 0.6 is 0 Å². The second kappa shape index (κ2) is 18.0.